The largest absolute Gasteiger partial charge is 0.507 e. The van der Waals surface area contributed by atoms with Crippen molar-refractivity contribution in [2.75, 3.05) is 0 Å². The molecule has 400 valence electrons. The molecule has 1 N–H and O–H groups in total. The standard InChI is InChI=1S/C75H79N3O/c1-47-38-55(71(2,3)4)34-35-59(47)51-32-30-48(31-33-51)52-36-37-76-65(42-52)54-39-53(40-56(41-54)72(5,6)7)60-28-23-29-66-67(60)77-70(63-45-58(74(11,12)13)46-64(69(63)79)75(14,15)16)78(66)68-61(49-24-19-17-20-25-49)43-57(73(8,9)10)44-62(68)50-26-21-18-22-27-50/h17-46,79H,1-16H3/i1D3,17D,18D,19D,20D,21D,22D,24D,25D,26D,27D. The van der Waals surface area contributed by atoms with Gasteiger partial charge in [0, 0.05) is 38.1 Å². The molecule has 0 aliphatic heterocycles. The number of hydrogen-bond acceptors (Lipinski definition) is 3. The first kappa shape index (κ1) is 40.4. The highest BCUT2D eigenvalue weighted by atomic mass is 16.3. The number of benzene rings is 8. The van der Waals surface area contributed by atoms with E-state index in [1.807, 2.05) is 120 Å². The second kappa shape index (κ2) is 20.1. The Morgan fingerprint density at radius 3 is 1.54 bits per heavy atom. The number of pyridine rings is 1. The Hall–Kier alpha value is -7.82. The van der Waals surface area contributed by atoms with E-state index in [0.29, 0.717) is 44.5 Å². The van der Waals surface area contributed by atoms with E-state index >= 15 is 0 Å². The minimum atomic E-state index is -2.33. The molecule has 0 spiro atoms. The van der Waals surface area contributed by atoms with Crippen LogP contribution in [0.15, 0.2) is 182 Å². The Balaban J connectivity index is 1.31. The van der Waals surface area contributed by atoms with Crippen molar-refractivity contribution < 1.29 is 22.9 Å². The van der Waals surface area contributed by atoms with Crippen molar-refractivity contribution in [3.63, 3.8) is 0 Å². The maximum atomic E-state index is 13.0. The zero-order valence-corrected chi connectivity index (χ0v) is 48.3. The van der Waals surface area contributed by atoms with E-state index in [1.165, 1.54) is 0 Å². The third-order valence-corrected chi connectivity index (χ3v) is 15.0. The lowest BCUT2D eigenvalue weighted by Gasteiger charge is -2.28. The van der Waals surface area contributed by atoms with Crippen LogP contribution >= 0.6 is 0 Å². The minimum absolute atomic E-state index is 0.0867. The van der Waals surface area contributed by atoms with Crippen LogP contribution in [0.5, 0.6) is 5.75 Å². The van der Waals surface area contributed by atoms with E-state index < -0.39 is 88.9 Å². The first-order valence-electron chi connectivity index (χ1n) is 33.6. The molecular formula is C75H79N3O. The number of fused-ring (bicyclic) bond motifs is 1. The molecule has 4 nitrogen and oxygen atoms in total. The van der Waals surface area contributed by atoms with Crippen molar-refractivity contribution in [1.82, 2.24) is 14.5 Å². The average molecular weight is 1050 g/mol. The highest BCUT2D eigenvalue weighted by molar-refractivity contribution is 6.00. The predicted molar refractivity (Wildman–Crippen MR) is 337 cm³/mol. The maximum absolute atomic E-state index is 13.0. The quantitative estimate of drug-likeness (QED) is 0.165. The fraction of sp³-hybridized carbons (Fsp3) is 0.280. The fourth-order valence-electron chi connectivity index (χ4n) is 10.2. The molecule has 0 aliphatic carbocycles. The van der Waals surface area contributed by atoms with Gasteiger partial charge in [-0.05, 0) is 149 Å². The molecule has 2 heterocycles. The third kappa shape index (κ3) is 10.9. The van der Waals surface area contributed by atoms with Crippen molar-refractivity contribution in [2.24, 2.45) is 0 Å². The van der Waals surface area contributed by atoms with Crippen molar-refractivity contribution in [3.05, 3.63) is 215 Å². The first-order chi connectivity index (χ1) is 42.5. The first-order valence-corrected chi connectivity index (χ1v) is 27.1. The number of aryl methyl sites for hydroxylation is 1. The van der Waals surface area contributed by atoms with Crippen LogP contribution in [0.1, 0.15) is 155 Å². The predicted octanol–water partition coefficient (Wildman–Crippen LogP) is 20.6. The van der Waals surface area contributed by atoms with Crippen LogP contribution in [0.3, 0.4) is 0 Å². The molecule has 0 fully saturated rings. The van der Waals surface area contributed by atoms with Crippen LogP contribution in [0.4, 0.5) is 0 Å². The molecule has 0 bridgehead atoms. The molecule has 0 radical (unpaired) electrons. The van der Waals surface area contributed by atoms with E-state index in [2.05, 4.69) is 80.5 Å². The van der Waals surface area contributed by atoms with Gasteiger partial charge >= 0.3 is 0 Å². The van der Waals surface area contributed by atoms with Gasteiger partial charge in [-0.15, -0.1) is 0 Å². The normalized spacial score (nSPS) is 15.1. The number of phenols is 1. The maximum Gasteiger partial charge on any atom is 0.149 e. The smallest absolute Gasteiger partial charge is 0.149 e. The summed E-state index contributed by atoms with van der Waals surface area (Å²) >= 11 is 0. The summed E-state index contributed by atoms with van der Waals surface area (Å²) < 4.78 is 119. The highest BCUT2D eigenvalue weighted by Crippen LogP contribution is 2.49. The summed E-state index contributed by atoms with van der Waals surface area (Å²) in [5, 5.41) is 13.0. The lowest BCUT2D eigenvalue weighted by molar-refractivity contribution is 0.446. The van der Waals surface area contributed by atoms with Crippen LogP contribution in [0.2, 0.25) is 0 Å². The van der Waals surface area contributed by atoms with Gasteiger partial charge in [0.05, 0.1) is 41.7 Å². The Kier molecular flexibility index (Phi) is 10.3. The molecular weight excluding hydrogens is 959 g/mol. The van der Waals surface area contributed by atoms with Crippen LogP contribution in [0, 0.1) is 6.85 Å². The number of hydrogen-bond donors (Lipinski definition) is 1. The number of imidazole rings is 1. The minimum Gasteiger partial charge on any atom is -0.507 e. The second-order valence-electron chi connectivity index (χ2n) is 26.1. The lowest BCUT2D eigenvalue weighted by atomic mass is 9.78. The van der Waals surface area contributed by atoms with Crippen LogP contribution in [-0.4, -0.2) is 19.6 Å². The van der Waals surface area contributed by atoms with Crippen LogP contribution < -0.4 is 0 Å². The van der Waals surface area contributed by atoms with Crippen molar-refractivity contribution in [2.45, 2.75) is 138 Å². The average Bonchev–Trinajstić information content (AvgIpc) is 1.40. The molecule has 79 heavy (non-hydrogen) atoms. The number of rotatable bonds is 8. The third-order valence-electron chi connectivity index (χ3n) is 15.0. The molecule has 0 amide bonds. The zero-order chi connectivity index (χ0) is 67.8. The second-order valence-corrected chi connectivity index (χ2v) is 26.1. The number of phenolic OH excluding ortho intramolecular Hbond substituents is 1. The number of nitrogens with zero attached hydrogens (tertiary/aromatic N) is 3. The van der Waals surface area contributed by atoms with E-state index in [1.54, 1.807) is 29.0 Å². The van der Waals surface area contributed by atoms with Gasteiger partial charge in [-0.25, -0.2) is 4.98 Å². The van der Waals surface area contributed by atoms with Crippen LogP contribution in [-0.2, 0) is 27.1 Å². The van der Waals surface area contributed by atoms with Gasteiger partial charge in [-0.3, -0.25) is 9.55 Å². The van der Waals surface area contributed by atoms with Crippen LogP contribution in [0.25, 0.3) is 95.0 Å². The molecule has 0 atom stereocenters. The Morgan fingerprint density at radius 1 is 0.430 bits per heavy atom. The molecule has 2 aromatic heterocycles. The van der Waals surface area contributed by atoms with Crippen molar-refractivity contribution >= 4 is 11.0 Å². The zero-order valence-electron chi connectivity index (χ0n) is 61.3. The number of aromatic hydroxyl groups is 1. The van der Waals surface area contributed by atoms with E-state index in [-0.39, 0.29) is 50.5 Å². The Morgan fingerprint density at radius 2 is 0.975 bits per heavy atom. The monoisotopic (exact) mass is 1050 g/mol. The van der Waals surface area contributed by atoms with Gasteiger partial charge in [0.2, 0.25) is 0 Å². The molecule has 4 heteroatoms. The van der Waals surface area contributed by atoms with Gasteiger partial charge in [0.1, 0.15) is 11.6 Å². The lowest BCUT2D eigenvalue weighted by Crippen LogP contribution is -2.17. The highest BCUT2D eigenvalue weighted by Gasteiger charge is 2.32. The summed E-state index contributed by atoms with van der Waals surface area (Å²) in [5.41, 5.74) is 8.81. The summed E-state index contributed by atoms with van der Waals surface area (Å²) in [4.78, 5) is 10.6. The summed E-state index contributed by atoms with van der Waals surface area (Å²) in [6, 6.07) is 31.2. The van der Waals surface area contributed by atoms with E-state index in [4.69, 9.17) is 22.3 Å². The molecule has 10 rings (SSSR count). The van der Waals surface area contributed by atoms with Gasteiger partial charge in [-0.2, -0.15) is 0 Å². The summed E-state index contributed by atoms with van der Waals surface area (Å²) in [7, 11) is 0. The van der Waals surface area contributed by atoms with Gasteiger partial charge in [-0.1, -0.05) is 231 Å². The van der Waals surface area contributed by atoms with Gasteiger partial charge in [0.25, 0.3) is 0 Å². The van der Waals surface area contributed by atoms with Gasteiger partial charge in [0.15, 0.2) is 0 Å². The van der Waals surface area contributed by atoms with E-state index in [9.17, 15) is 10.6 Å². The molecule has 0 saturated heterocycles. The van der Waals surface area contributed by atoms with Crippen molar-refractivity contribution in [3.8, 4) is 89.7 Å². The Bertz CT molecular complexity index is 4490. The molecule has 0 unspecified atom stereocenters. The SMILES string of the molecule is [2H]c1c([2H])c([2H])c(-c2cc(C(C)(C)C)cc(-c3c([2H])c([2H])c([2H])c([2H])c3[2H])c2-n2c(-c3cc(C(C)(C)C)cc(C(C)(C)C)c3O)nc3c(-c4cc(-c5cc(-c6ccc(-c7ccc(C(C)(C)C)cc7C([2H])([2H])[2H])cc6)ccn5)cc(C(C)(C)C)c4)cccc32)c([2H])c1[2H]. The van der Waals surface area contributed by atoms with Crippen molar-refractivity contribution in [1.29, 1.82) is 0 Å². The molecule has 0 saturated carbocycles. The number of aromatic nitrogens is 3. The van der Waals surface area contributed by atoms with Gasteiger partial charge < -0.3 is 5.11 Å². The molecule has 8 aromatic carbocycles. The molecule has 10 aromatic rings. The summed E-state index contributed by atoms with van der Waals surface area (Å²) in [6.45, 7) is 28.3. The Labute approximate surface area is 489 Å². The van der Waals surface area contributed by atoms with E-state index in [0.717, 1.165) is 44.5 Å². The summed E-state index contributed by atoms with van der Waals surface area (Å²) in [6.07, 6.45) is 1.77. The fourth-order valence-corrected chi connectivity index (χ4v) is 10.2. The summed E-state index contributed by atoms with van der Waals surface area (Å²) in [5.74, 6) is 0.0767. The number of para-hydroxylation sites is 1. The molecule has 0 aliphatic rings. The topological polar surface area (TPSA) is 50.9 Å².